The van der Waals surface area contributed by atoms with Gasteiger partial charge in [-0.15, -0.1) is 0 Å². The van der Waals surface area contributed by atoms with Crippen LogP contribution in [0.2, 0.25) is 0 Å². The molecule has 1 unspecified atom stereocenters. The van der Waals surface area contributed by atoms with Crippen LogP contribution in [0.1, 0.15) is 19.8 Å². The number of anilines is 1. The number of ether oxygens (including phenoxy) is 1. The Labute approximate surface area is 126 Å². The zero-order valence-electron chi connectivity index (χ0n) is 12.5. The van der Waals surface area contributed by atoms with E-state index in [0.717, 1.165) is 12.8 Å². The Morgan fingerprint density at radius 2 is 2.00 bits per heavy atom. The summed E-state index contributed by atoms with van der Waals surface area (Å²) >= 11 is 0. The van der Waals surface area contributed by atoms with Crippen molar-refractivity contribution in [2.24, 2.45) is 11.8 Å². The number of rotatable bonds is 8. The molecule has 7 heteroatoms. The average Bonchev–Trinajstić information content (AvgIpc) is 3.32. The van der Waals surface area contributed by atoms with Crippen LogP contribution in [0.3, 0.4) is 0 Å². The molecule has 0 heterocycles. The molecule has 6 nitrogen and oxygen atoms in total. The topological polar surface area (TPSA) is 84.7 Å². The van der Waals surface area contributed by atoms with Crippen molar-refractivity contribution in [3.8, 4) is 0 Å². The van der Waals surface area contributed by atoms with Crippen LogP contribution in [0.5, 0.6) is 0 Å². The Balaban J connectivity index is 2.26. The SMILES string of the molecule is COCCN(C(C)C1CC1)S(=O)(=O)c1ccc(NN)cc1. The first-order valence-electron chi connectivity index (χ1n) is 7.08. The van der Waals surface area contributed by atoms with Crippen LogP contribution in [0.25, 0.3) is 0 Å². The van der Waals surface area contributed by atoms with Gasteiger partial charge >= 0.3 is 0 Å². The van der Waals surface area contributed by atoms with Gasteiger partial charge in [0.15, 0.2) is 0 Å². The van der Waals surface area contributed by atoms with Gasteiger partial charge in [-0.1, -0.05) is 0 Å². The van der Waals surface area contributed by atoms with E-state index in [1.807, 2.05) is 6.92 Å². The van der Waals surface area contributed by atoms with Crippen molar-refractivity contribution >= 4 is 15.7 Å². The summed E-state index contributed by atoms with van der Waals surface area (Å²) in [7, 11) is -1.94. The predicted molar refractivity (Wildman–Crippen MR) is 82.2 cm³/mol. The maximum absolute atomic E-state index is 12.8. The molecule has 1 aliphatic carbocycles. The Morgan fingerprint density at radius 1 is 1.38 bits per heavy atom. The summed E-state index contributed by atoms with van der Waals surface area (Å²) in [5.41, 5.74) is 3.17. The Hall–Kier alpha value is -1.15. The fourth-order valence-electron chi connectivity index (χ4n) is 2.40. The number of hydrogen-bond donors (Lipinski definition) is 2. The molecule has 118 valence electrons. The second-order valence-electron chi connectivity index (χ2n) is 5.36. The lowest BCUT2D eigenvalue weighted by Crippen LogP contribution is -2.41. The number of nitrogens with one attached hydrogen (secondary N) is 1. The van der Waals surface area contributed by atoms with Gasteiger partial charge in [-0.05, 0) is 49.9 Å². The van der Waals surface area contributed by atoms with Crippen LogP contribution in [0.4, 0.5) is 5.69 Å². The Bertz CT molecular complexity index is 555. The van der Waals surface area contributed by atoms with Crippen molar-refractivity contribution in [3.63, 3.8) is 0 Å². The largest absolute Gasteiger partial charge is 0.383 e. The summed E-state index contributed by atoms with van der Waals surface area (Å²) in [4.78, 5) is 0.283. The lowest BCUT2D eigenvalue weighted by molar-refractivity contribution is 0.164. The van der Waals surface area contributed by atoms with Gasteiger partial charge in [0.1, 0.15) is 0 Å². The zero-order chi connectivity index (χ0) is 15.5. The molecule has 0 saturated heterocycles. The van der Waals surface area contributed by atoms with E-state index in [-0.39, 0.29) is 10.9 Å². The fourth-order valence-corrected chi connectivity index (χ4v) is 4.07. The summed E-state index contributed by atoms with van der Waals surface area (Å²) in [6, 6.07) is 6.46. The van der Waals surface area contributed by atoms with Crippen molar-refractivity contribution in [1.29, 1.82) is 0 Å². The monoisotopic (exact) mass is 313 g/mol. The minimum atomic E-state index is -3.52. The predicted octanol–water partition coefficient (Wildman–Crippen LogP) is 1.41. The molecule has 1 fully saturated rings. The number of nitrogens with zero attached hydrogens (tertiary/aromatic N) is 1. The number of sulfonamides is 1. The molecule has 2 rings (SSSR count). The second kappa shape index (κ2) is 6.74. The molecule has 3 N–H and O–H groups in total. The zero-order valence-corrected chi connectivity index (χ0v) is 13.3. The van der Waals surface area contributed by atoms with E-state index in [9.17, 15) is 8.42 Å². The van der Waals surface area contributed by atoms with Crippen molar-refractivity contribution < 1.29 is 13.2 Å². The van der Waals surface area contributed by atoms with Gasteiger partial charge in [0, 0.05) is 25.4 Å². The lowest BCUT2D eigenvalue weighted by Gasteiger charge is -2.28. The molecule has 0 spiro atoms. The van der Waals surface area contributed by atoms with E-state index in [0.29, 0.717) is 24.8 Å². The van der Waals surface area contributed by atoms with Crippen LogP contribution < -0.4 is 11.3 Å². The Morgan fingerprint density at radius 3 is 2.48 bits per heavy atom. The van der Waals surface area contributed by atoms with E-state index >= 15 is 0 Å². The highest BCUT2D eigenvalue weighted by Crippen LogP contribution is 2.37. The van der Waals surface area contributed by atoms with Crippen molar-refractivity contribution in [2.75, 3.05) is 25.7 Å². The molecule has 0 radical (unpaired) electrons. The van der Waals surface area contributed by atoms with Gasteiger partial charge in [0.05, 0.1) is 11.5 Å². The third-order valence-corrected chi connectivity index (χ3v) is 5.90. The average molecular weight is 313 g/mol. The van der Waals surface area contributed by atoms with Crippen molar-refractivity contribution in [3.05, 3.63) is 24.3 Å². The summed E-state index contributed by atoms with van der Waals surface area (Å²) in [6.45, 7) is 2.73. The van der Waals surface area contributed by atoms with Crippen LogP contribution in [0.15, 0.2) is 29.2 Å². The van der Waals surface area contributed by atoms with Gasteiger partial charge in [-0.3, -0.25) is 5.84 Å². The van der Waals surface area contributed by atoms with Crippen molar-refractivity contribution in [1.82, 2.24) is 4.31 Å². The second-order valence-corrected chi connectivity index (χ2v) is 7.25. The quantitative estimate of drug-likeness (QED) is 0.560. The molecule has 0 aliphatic heterocycles. The molecule has 1 aromatic rings. The molecule has 21 heavy (non-hydrogen) atoms. The molecule has 1 atom stereocenters. The molecular weight excluding hydrogens is 290 g/mol. The first-order chi connectivity index (χ1) is 10.0. The highest BCUT2D eigenvalue weighted by molar-refractivity contribution is 7.89. The number of nitrogen functional groups attached to an aromatic ring is 1. The van der Waals surface area contributed by atoms with Crippen molar-refractivity contribution in [2.45, 2.75) is 30.7 Å². The smallest absolute Gasteiger partial charge is 0.243 e. The number of hydrogen-bond acceptors (Lipinski definition) is 5. The van der Waals surface area contributed by atoms with E-state index in [4.69, 9.17) is 10.6 Å². The van der Waals surface area contributed by atoms with Crippen LogP contribution in [0, 0.1) is 5.92 Å². The minimum Gasteiger partial charge on any atom is -0.383 e. The molecule has 0 amide bonds. The van der Waals surface area contributed by atoms with E-state index in [1.54, 1.807) is 35.7 Å². The third-order valence-electron chi connectivity index (χ3n) is 3.90. The highest BCUT2D eigenvalue weighted by atomic mass is 32.2. The normalized spacial score (nSPS) is 17.0. The first kappa shape index (κ1) is 16.2. The lowest BCUT2D eigenvalue weighted by atomic mass is 10.2. The molecule has 0 aromatic heterocycles. The summed E-state index contributed by atoms with van der Waals surface area (Å²) in [5, 5.41) is 0. The van der Waals surface area contributed by atoms with Gasteiger partial charge < -0.3 is 10.2 Å². The molecule has 0 bridgehead atoms. The first-order valence-corrected chi connectivity index (χ1v) is 8.52. The number of hydrazine groups is 1. The standard InChI is InChI=1S/C14H23N3O3S/c1-11(12-3-4-12)17(9-10-20-2)21(18,19)14-7-5-13(16-15)6-8-14/h5-8,11-12,16H,3-4,9-10,15H2,1-2H3. The summed E-state index contributed by atoms with van der Waals surface area (Å²) < 4.78 is 32.3. The summed E-state index contributed by atoms with van der Waals surface area (Å²) in [5.74, 6) is 5.76. The molecule has 1 saturated carbocycles. The molecular formula is C14H23N3O3S. The van der Waals surface area contributed by atoms with Gasteiger partial charge in [-0.25, -0.2) is 8.42 Å². The maximum atomic E-state index is 12.8. The minimum absolute atomic E-state index is 0.00235. The Kier molecular flexibility index (Phi) is 5.21. The maximum Gasteiger partial charge on any atom is 0.243 e. The number of methoxy groups -OCH3 is 1. The fraction of sp³-hybridized carbons (Fsp3) is 0.571. The highest BCUT2D eigenvalue weighted by Gasteiger charge is 2.38. The van der Waals surface area contributed by atoms with Gasteiger partial charge in [0.2, 0.25) is 10.0 Å². The van der Waals surface area contributed by atoms with E-state index in [1.165, 1.54) is 0 Å². The van der Waals surface area contributed by atoms with Crippen LogP contribution in [-0.4, -0.2) is 39.0 Å². The third kappa shape index (κ3) is 3.74. The molecule has 1 aromatic carbocycles. The van der Waals surface area contributed by atoms with Crippen LogP contribution in [-0.2, 0) is 14.8 Å². The van der Waals surface area contributed by atoms with Gasteiger partial charge in [0.25, 0.3) is 0 Å². The van der Waals surface area contributed by atoms with Gasteiger partial charge in [-0.2, -0.15) is 4.31 Å². The number of nitrogens with two attached hydrogens (primary N) is 1. The number of benzene rings is 1. The molecule has 1 aliphatic rings. The van der Waals surface area contributed by atoms with E-state index in [2.05, 4.69) is 5.43 Å². The van der Waals surface area contributed by atoms with E-state index < -0.39 is 10.0 Å². The van der Waals surface area contributed by atoms with Crippen LogP contribution >= 0.6 is 0 Å². The summed E-state index contributed by atoms with van der Waals surface area (Å²) in [6.07, 6.45) is 2.19.